The number of urea groups is 1. The molecule has 0 atom stereocenters. The molecule has 1 aliphatic rings. The van der Waals surface area contributed by atoms with E-state index in [0.717, 1.165) is 6.41 Å². The van der Waals surface area contributed by atoms with Crippen molar-refractivity contribution in [1.29, 1.82) is 0 Å². The quantitative estimate of drug-likeness (QED) is 0.424. The zero-order chi connectivity index (χ0) is 26.0. The first kappa shape index (κ1) is 25.5. The van der Waals surface area contributed by atoms with Gasteiger partial charge < -0.3 is 19.1 Å². The molecule has 4 rings (SSSR count). The lowest BCUT2D eigenvalue weighted by atomic mass is 10.2. The third kappa shape index (κ3) is 5.00. The van der Waals surface area contributed by atoms with Gasteiger partial charge in [0.15, 0.2) is 12.1 Å². The molecule has 3 heterocycles. The number of halogens is 2. The Morgan fingerprint density at radius 3 is 2.42 bits per heavy atom. The van der Waals surface area contributed by atoms with E-state index in [1.807, 2.05) is 4.90 Å². The number of hydrogen-bond donors (Lipinski definition) is 0. The summed E-state index contributed by atoms with van der Waals surface area (Å²) in [7, 11) is 4.77. The summed E-state index contributed by atoms with van der Waals surface area (Å²) in [4.78, 5) is 47.0. The van der Waals surface area contributed by atoms with E-state index in [4.69, 9.17) is 27.6 Å². The van der Waals surface area contributed by atoms with Gasteiger partial charge in [0.05, 0.1) is 10.0 Å². The molecule has 1 fully saturated rings. The van der Waals surface area contributed by atoms with E-state index in [1.165, 1.54) is 9.80 Å². The van der Waals surface area contributed by atoms with Gasteiger partial charge in [-0.25, -0.2) is 4.79 Å². The van der Waals surface area contributed by atoms with Crippen LogP contribution in [0.15, 0.2) is 22.6 Å². The van der Waals surface area contributed by atoms with Crippen molar-refractivity contribution in [2.45, 2.75) is 6.54 Å². The number of amides is 3. The van der Waals surface area contributed by atoms with Crippen LogP contribution in [-0.4, -0.2) is 95.6 Å². The van der Waals surface area contributed by atoms with E-state index in [-0.39, 0.29) is 35.9 Å². The highest BCUT2D eigenvalue weighted by atomic mass is 35.5. The van der Waals surface area contributed by atoms with Crippen LogP contribution in [-0.2, 0) is 11.3 Å². The molecule has 14 heteroatoms. The van der Waals surface area contributed by atoms with E-state index < -0.39 is 0 Å². The van der Waals surface area contributed by atoms with Gasteiger partial charge in [0.25, 0.3) is 0 Å². The van der Waals surface area contributed by atoms with Crippen molar-refractivity contribution < 1.29 is 18.8 Å². The molecule has 1 aliphatic heterocycles. The Morgan fingerprint density at radius 2 is 1.81 bits per heavy atom. The Kier molecular flexibility index (Phi) is 7.45. The maximum Gasteiger partial charge on any atom is 0.324 e. The number of benzene rings is 1. The topological polar surface area (TPSA) is 121 Å². The first-order valence-corrected chi connectivity index (χ1v) is 11.7. The average molecular weight is 535 g/mol. The molecule has 3 aromatic rings. The summed E-state index contributed by atoms with van der Waals surface area (Å²) < 4.78 is 7.48. The number of hydrogen-bond acceptors (Lipinski definition) is 8. The Labute approximate surface area is 217 Å². The summed E-state index contributed by atoms with van der Waals surface area (Å²) in [6.45, 7) is 2.02. The summed E-state index contributed by atoms with van der Waals surface area (Å²) in [5, 5.41) is 8.97. The Balaban J connectivity index is 1.72. The van der Waals surface area contributed by atoms with Gasteiger partial charge in [0.2, 0.25) is 24.1 Å². The predicted octanol–water partition coefficient (Wildman–Crippen LogP) is 2.50. The molecule has 0 bridgehead atoms. The first-order chi connectivity index (χ1) is 17.2. The molecule has 0 aliphatic carbocycles. The molecule has 0 N–H and O–H groups in total. The fraction of sp³-hybridized carbons (Fsp3) is 0.364. The highest BCUT2D eigenvalue weighted by Gasteiger charge is 2.29. The molecule has 190 valence electrons. The molecule has 3 amide bonds. The number of imidazole rings is 1. The second-order valence-corrected chi connectivity index (χ2v) is 9.13. The minimum absolute atomic E-state index is 0.0304. The monoisotopic (exact) mass is 534 g/mol. The molecule has 1 saturated heterocycles. The van der Waals surface area contributed by atoms with Crippen LogP contribution >= 0.6 is 23.2 Å². The normalized spacial score (nSPS) is 13.6. The lowest BCUT2D eigenvalue weighted by Gasteiger charge is -2.33. The fourth-order valence-electron chi connectivity index (χ4n) is 3.82. The minimum atomic E-state index is -0.347. The zero-order valence-electron chi connectivity index (χ0n) is 19.9. The fourth-order valence-corrected chi connectivity index (χ4v) is 4.12. The summed E-state index contributed by atoms with van der Waals surface area (Å²) in [6.07, 6.45) is 1.45. The lowest BCUT2D eigenvalue weighted by molar-refractivity contribution is -0.118. The number of carbonyl (C=O) groups excluding carboxylic acids is 3. The summed E-state index contributed by atoms with van der Waals surface area (Å²) in [6, 6.07) is 4.61. The van der Waals surface area contributed by atoms with Gasteiger partial charge in [-0.2, -0.15) is 4.98 Å². The molecular weight excluding hydrogens is 511 g/mol. The molecule has 0 radical (unpaired) electrons. The van der Waals surface area contributed by atoms with Crippen molar-refractivity contribution in [3.63, 3.8) is 0 Å². The molecule has 12 nitrogen and oxygen atoms in total. The van der Waals surface area contributed by atoms with Crippen molar-refractivity contribution in [1.82, 2.24) is 29.5 Å². The lowest BCUT2D eigenvalue weighted by Crippen LogP contribution is -2.46. The Bertz CT molecular complexity index is 1280. The maximum atomic E-state index is 12.6. The van der Waals surface area contributed by atoms with Gasteiger partial charge in [-0.1, -0.05) is 23.2 Å². The van der Waals surface area contributed by atoms with E-state index in [0.29, 0.717) is 54.0 Å². The Hall–Kier alpha value is -3.64. The van der Waals surface area contributed by atoms with Gasteiger partial charge in [-0.05, 0) is 18.2 Å². The van der Waals surface area contributed by atoms with Crippen LogP contribution in [0.4, 0.5) is 16.6 Å². The van der Waals surface area contributed by atoms with E-state index in [9.17, 15) is 14.4 Å². The van der Waals surface area contributed by atoms with Crippen LogP contribution < -0.4 is 9.80 Å². The van der Waals surface area contributed by atoms with E-state index in [2.05, 4.69) is 15.2 Å². The highest BCUT2D eigenvalue weighted by Crippen LogP contribution is 2.30. The number of aldehydes is 1. The zero-order valence-corrected chi connectivity index (χ0v) is 21.4. The average Bonchev–Trinajstić information content (AvgIpc) is 3.49. The Morgan fingerprint density at radius 1 is 1.08 bits per heavy atom. The van der Waals surface area contributed by atoms with Crippen LogP contribution in [0.5, 0.6) is 0 Å². The van der Waals surface area contributed by atoms with Gasteiger partial charge in [0.1, 0.15) is 12.2 Å². The second-order valence-electron chi connectivity index (χ2n) is 8.32. The SMILES string of the molecule is CN(C)C(=O)N(C)c1nc(N2CCN(C=O)CC2)n(Cc2nnc(-c3ccc(Cl)c(Cl)c3)o2)c1C=O. The molecule has 0 spiro atoms. The predicted molar refractivity (Wildman–Crippen MR) is 134 cm³/mol. The van der Waals surface area contributed by atoms with Crippen LogP contribution in [0.25, 0.3) is 11.5 Å². The summed E-state index contributed by atoms with van der Waals surface area (Å²) in [5.74, 6) is 1.10. The van der Waals surface area contributed by atoms with Crippen LogP contribution in [0, 0.1) is 0 Å². The smallest absolute Gasteiger partial charge is 0.324 e. The third-order valence-corrected chi connectivity index (χ3v) is 6.48. The number of nitrogens with zero attached hydrogens (tertiary/aromatic N) is 8. The second kappa shape index (κ2) is 10.5. The van der Waals surface area contributed by atoms with Gasteiger partial charge in [0, 0.05) is 52.9 Å². The first-order valence-electron chi connectivity index (χ1n) is 11.0. The number of anilines is 2. The largest absolute Gasteiger partial charge is 0.419 e. The molecular formula is C22H24Cl2N8O4. The minimum Gasteiger partial charge on any atom is -0.419 e. The third-order valence-electron chi connectivity index (χ3n) is 5.74. The van der Waals surface area contributed by atoms with Crippen LogP contribution in [0.2, 0.25) is 10.0 Å². The molecule has 2 aromatic heterocycles. The number of rotatable bonds is 7. The van der Waals surface area contributed by atoms with Gasteiger partial charge in [-0.15, -0.1) is 10.2 Å². The van der Waals surface area contributed by atoms with Crippen molar-refractivity contribution in [3.8, 4) is 11.5 Å². The number of piperazine rings is 1. The molecule has 36 heavy (non-hydrogen) atoms. The van der Waals surface area contributed by atoms with Crippen molar-refractivity contribution in [2.24, 2.45) is 0 Å². The highest BCUT2D eigenvalue weighted by molar-refractivity contribution is 6.42. The molecule has 1 aromatic carbocycles. The van der Waals surface area contributed by atoms with Crippen LogP contribution in [0.1, 0.15) is 16.4 Å². The number of carbonyl (C=O) groups is 3. The van der Waals surface area contributed by atoms with Gasteiger partial charge >= 0.3 is 6.03 Å². The van der Waals surface area contributed by atoms with Crippen molar-refractivity contribution >= 4 is 53.7 Å². The van der Waals surface area contributed by atoms with E-state index in [1.54, 1.807) is 48.8 Å². The molecule has 0 unspecified atom stereocenters. The van der Waals surface area contributed by atoms with E-state index >= 15 is 0 Å². The molecule has 0 saturated carbocycles. The van der Waals surface area contributed by atoms with Crippen molar-refractivity contribution in [2.75, 3.05) is 57.1 Å². The number of aromatic nitrogens is 4. The van der Waals surface area contributed by atoms with Gasteiger partial charge in [-0.3, -0.25) is 19.1 Å². The maximum absolute atomic E-state index is 12.6. The van der Waals surface area contributed by atoms with Crippen molar-refractivity contribution in [3.05, 3.63) is 39.8 Å². The summed E-state index contributed by atoms with van der Waals surface area (Å²) in [5.41, 5.74) is 0.765. The van der Waals surface area contributed by atoms with Crippen LogP contribution in [0.3, 0.4) is 0 Å². The summed E-state index contributed by atoms with van der Waals surface area (Å²) >= 11 is 12.1. The standard InChI is InChI=1S/C22H24Cl2N8O4/c1-28(2)22(35)29(3)19-17(12-33)32(21(25-19)31-8-6-30(13-34)7-9-31)11-18-26-27-20(36-18)14-4-5-15(23)16(24)10-14/h4-5,10,12-13H,6-9,11H2,1-3H3.